The number of nitriles is 1. The number of benzene rings is 2. The molecule has 0 aliphatic carbocycles. The Labute approximate surface area is 171 Å². The van der Waals surface area contributed by atoms with Crippen LogP contribution < -0.4 is 4.90 Å². The fourth-order valence-corrected chi connectivity index (χ4v) is 4.04. The minimum Gasteiger partial charge on any atom is -0.362 e. The maximum absolute atomic E-state index is 15.0. The number of nitrogens with zero attached hydrogens (tertiary/aromatic N) is 2. The van der Waals surface area contributed by atoms with Gasteiger partial charge in [0.1, 0.15) is 5.82 Å². The summed E-state index contributed by atoms with van der Waals surface area (Å²) in [5.74, 6) is -0.333. The van der Waals surface area contributed by atoms with Gasteiger partial charge in [-0.1, -0.05) is 36.7 Å². The lowest BCUT2D eigenvalue weighted by atomic mass is 9.87. The highest BCUT2D eigenvalue weighted by molar-refractivity contribution is 6.30. The number of anilines is 1. The van der Waals surface area contributed by atoms with Crippen molar-refractivity contribution < 1.29 is 4.39 Å². The van der Waals surface area contributed by atoms with E-state index < -0.39 is 0 Å². The van der Waals surface area contributed by atoms with E-state index in [1.54, 1.807) is 36.4 Å². The predicted molar refractivity (Wildman–Crippen MR) is 117 cm³/mol. The number of halogens is 2. The van der Waals surface area contributed by atoms with Crippen molar-refractivity contribution in [2.75, 3.05) is 11.4 Å². The van der Waals surface area contributed by atoms with Gasteiger partial charge in [-0.2, -0.15) is 5.26 Å². The normalized spacial score (nSPS) is 15.7. The maximum atomic E-state index is 15.0. The van der Waals surface area contributed by atoms with Crippen LogP contribution in [0.15, 0.2) is 42.5 Å². The zero-order valence-electron chi connectivity index (χ0n) is 16.7. The third-order valence-corrected chi connectivity index (χ3v) is 5.33. The van der Waals surface area contributed by atoms with Gasteiger partial charge < -0.3 is 4.90 Å². The van der Waals surface area contributed by atoms with Crippen LogP contribution in [0.5, 0.6) is 0 Å². The van der Waals surface area contributed by atoms with Gasteiger partial charge in [-0.3, -0.25) is 0 Å². The molecule has 0 aromatic heterocycles. The number of fused-ring (bicyclic) bond motifs is 1. The Morgan fingerprint density at radius 3 is 2.68 bits per heavy atom. The molecule has 0 fully saturated rings. The van der Waals surface area contributed by atoms with Crippen molar-refractivity contribution in [3.8, 4) is 6.07 Å². The first-order chi connectivity index (χ1) is 13.3. The van der Waals surface area contributed by atoms with Gasteiger partial charge in [0.15, 0.2) is 0 Å². The molecular formula is C24H24ClFN2. The van der Waals surface area contributed by atoms with E-state index in [0.717, 1.165) is 29.8 Å². The highest BCUT2D eigenvalue weighted by Gasteiger charge is 2.31. The molecule has 0 amide bonds. The van der Waals surface area contributed by atoms with E-state index in [0.29, 0.717) is 21.7 Å². The molecule has 0 spiro atoms. The van der Waals surface area contributed by atoms with E-state index in [-0.39, 0.29) is 11.4 Å². The molecule has 1 heterocycles. The standard InChI is InChI=1S/C24H24ClFN2/c1-5-9-28-23-13-22(26)18(12-21(23)16(2)14-24(28,3)4)10-19(15-27)17-7-6-8-20(25)11-17/h6-8,10-14H,5,9H2,1-4H3/b19-10+. The quantitative estimate of drug-likeness (QED) is 0.414. The van der Waals surface area contributed by atoms with Crippen LogP contribution in [-0.4, -0.2) is 12.1 Å². The molecule has 2 aromatic carbocycles. The summed E-state index contributed by atoms with van der Waals surface area (Å²) in [6, 6.07) is 12.6. The van der Waals surface area contributed by atoms with Crippen LogP contribution >= 0.6 is 11.6 Å². The van der Waals surface area contributed by atoms with Crippen molar-refractivity contribution in [2.24, 2.45) is 0 Å². The first-order valence-corrected chi connectivity index (χ1v) is 9.83. The van der Waals surface area contributed by atoms with Crippen molar-refractivity contribution in [3.05, 3.63) is 70.0 Å². The van der Waals surface area contributed by atoms with Crippen LogP contribution in [0.3, 0.4) is 0 Å². The lowest BCUT2D eigenvalue weighted by Crippen LogP contribution is -2.45. The molecule has 0 atom stereocenters. The summed E-state index contributed by atoms with van der Waals surface area (Å²) in [6.45, 7) is 9.32. The lowest BCUT2D eigenvalue weighted by molar-refractivity contribution is 0.546. The number of allylic oxidation sites excluding steroid dienone is 2. The highest BCUT2D eigenvalue weighted by atomic mass is 35.5. The van der Waals surface area contributed by atoms with Crippen LogP contribution in [0.1, 0.15) is 50.8 Å². The SMILES string of the molecule is CCCN1c2cc(F)c(/C=C(\C#N)c3cccc(Cl)c3)cc2C(C)=CC1(C)C. The minimum atomic E-state index is -0.333. The van der Waals surface area contributed by atoms with Crippen LogP contribution in [0.2, 0.25) is 5.02 Å². The Morgan fingerprint density at radius 2 is 2.04 bits per heavy atom. The summed E-state index contributed by atoms with van der Waals surface area (Å²) in [7, 11) is 0. The van der Waals surface area contributed by atoms with Crippen LogP contribution in [0.4, 0.5) is 10.1 Å². The fraction of sp³-hybridized carbons (Fsp3) is 0.292. The Hall–Kier alpha value is -2.57. The highest BCUT2D eigenvalue weighted by Crippen LogP contribution is 2.40. The topological polar surface area (TPSA) is 27.0 Å². The average Bonchev–Trinajstić information content (AvgIpc) is 2.63. The second kappa shape index (κ2) is 7.81. The molecule has 2 nitrogen and oxygen atoms in total. The van der Waals surface area contributed by atoms with Crippen LogP contribution in [0, 0.1) is 17.1 Å². The van der Waals surface area contributed by atoms with E-state index in [4.69, 9.17) is 11.6 Å². The average molecular weight is 395 g/mol. The molecule has 0 N–H and O–H groups in total. The molecule has 0 saturated carbocycles. The molecule has 0 saturated heterocycles. The first-order valence-electron chi connectivity index (χ1n) is 9.45. The monoisotopic (exact) mass is 394 g/mol. The van der Waals surface area contributed by atoms with Crippen molar-refractivity contribution in [3.63, 3.8) is 0 Å². The van der Waals surface area contributed by atoms with Gasteiger partial charge in [0.25, 0.3) is 0 Å². The maximum Gasteiger partial charge on any atom is 0.132 e. The molecule has 0 radical (unpaired) electrons. The number of rotatable bonds is 4. The Morgan fingerprint density at radius 1 is 1.29 bits per heavy atom. The van der Waals surface area contributed by atoms with E-state index in [2.05, 4.69) is 44.7 Å². The van der Waals surface area contributed by atoms with Crippen molar-refractivity contribution in [1.29, 1.82) is 5.26 Å². The molecule has 1 aliphatic rings. The molecule has 28 heavy (non-hydrogen) atoms. The zero-order chi connectivity index (χ0) is 20.5. The van der Waals surface area contributed by atoms with E-state index in [1.165, 1.54) is 0 Å². The smallest absolute Gasteiger partial charge is 0.132 e. The molecule has 4 heteroatoms. The van der Waals surface area contributed by atoms with Gasteiger partial charge >= 0.3 is 0 Å². The molecule has 0 unspecified atom stereocenters. The molecule has 1 aliphatic heterocycles. The van der Waals surface area contributed by atoms with Gasteiger partial charge in [-0.05, 0) is 68.7 Å². The van der Waals surface area contributed by atoms with Crippen molar-refractivity contribution in [1.82, 2.24) is 0 Å². The molecular weight excluding hydrogens is 371 g/mol. The van der Waals surface area contributed by atoms with Gasteiger partial charge in [-0.15, -0.1) is 0 Å². The Bertz CT molecular complexity index is 1010. The fourth-order valence-electron chi connectivity index (χ4n) is 3.85. The van der Waals surface area contributed by atoms with Gasteiger partial charge in [0.05, 0.1) is 17.2 Å². The van der Waals surface area contributed by atoms with E-state index >= 15 is 4.39 Å². The van der Waals surface area contributed by atoms with Gasteiger partial charge in [0, 0.05) is 28.4 Å². The summed E-state index contributed by atoms with van der Waals surface area (Å²) in [5.41, 5.74) is 4.31. The summed E-state index contributed by atoms with van der Waals surface area (Å²) >= 11 is 6.04. The van der Waals surface area contributed by atoms with Crippen LogP contribution in [0.25, 0.3) is 17.2 Å². The van der Waals surface area contributed by atoms with Crippen molar-refractivity contribution in [2.45, 2.75) is 39.7 Å². The Kier molecular flexibility index (Phi) is 5.63. The van der Waals surface area contributed by atoms with Gasteiger partial charge in [-0.25, -0.2) is 4.39 Å². The van der Waals surface area contributed by atoms with E-state index in [9.17, 15) is 5.26 Å². The largest absolute Gasteiger partial charge is 0.362 e. The summed E-state index contributed by atoms with van der Waals surface area (Å²) in [4.78, 5) is 2.24. The summed E-state index contributed by atoms with van der Waals surface area (Å²) in [5, 5.41) is 10.1. The third kappa shape index (κ3) is 3.84. The summed E-state index contributed by atoms with van der Waals surface area (Å²) in [6.07, 6.45) is 4.80. The van der Waals surface area contributed by atoms with Gasteiger partial charge in [0.2, 0.25) is 0 Å². The molecule has 144 valence electrons. The molecule has 3 rings (SSSR count). The lowest BCUT2D eigenvalue weighted by Gasteiger charge is -2.43. The van der Waals surface area contributed by atoms with E-state index in [1.807, 2.05) is 6.07 Å². The first kappa shape index (κ1) is 20.2. The second-order valence-electron chi connectivity index (χ2n) is 7.70. The summed E-state index contributed by atoms with van der Waals surface area (Å²) < 4.78 is 15.0. The van der Waals surface area contributed by atoms with Crippen LogP contribution in [-0.2, 0) is 0 Å². The van der Waals surface area contributed by atoms with Crippen molar-refractivity contribution >= 4 is 34.5 Å². The second-order valence-corrected chi connectivity index (χ2v) is 8.14. The predicted octanol–water partition coefficient (Wildman–Crippen LogP) is 6.96. The Balaban J connectivity index is 2.13. The zero-order valence-corrected chi connectivity index (χ0v) is 17.4. The number of hydrogen-bond donors (Lipinski definition) is 0. The minimum absolute atomic E-state index is 0.171. The number of hydrogen-bond acceptors (Lipinski definition) is 2. The molecule has 0 bridgehead atoms. The third-order valence-electron chi connectivity index (χ3n) is 5.10. The molecule has 2 aromatic rings.